The monoisotopic (exact) mass is 314 g/mol. The van der Waals surface area contributed by atoms with E-state index in [1.54, 1.807) is 24.3 Å². The van der Waals surface area contributed by atoms with Gasteiger partial charge < -0.3 is 8.83 Å². The van der Waals surface area contributed by atoms with Crippen molar-refractivity contribution in [1.29, 1.82) is 0 Å². The maximum Gasteiger partial charge on any atom is 0.263 e. The number of carbonyl (C=O) groups excluding carboxylic acids is 1. The molecule has 0 aliphatic carbocycles. The van der Waals surface area contributed by atoms with Crippen molar-refractivity contribution >= 4 is 5.78 Å². The molecule has 4 aromatic rings. The minimum absolute atomic E-state index is 0.264. The summed E-state index contributed by atoms with van der Waals surface area (Å²) in [6, 6.07) is 26.3. The fraction of sp³-hybridized carbons (Fsp3) is 0. The van der Waals surface area contributed by atoms with Gasteiger partial charge in [-0.05, 0) is 24.3 Å². The van der Waals surface area contributed by atoms with Crippen LogP contribution in [-0.2, 0) is 0 Å². The van der Waals surface area contributed by atoms with Crippen LogP contribution < -0.4 is 0 Å². The Labute approximate surface area is 139 Å². The lowest BCUT2D eigenvalue weighted by Gasteiger charge is -1.97. The Balaban J connectivity index is 1.61. The second-order valence-corrected chi connectivity index (χ2v) is 5.39. The standard InChI is InChI=1S/C21H14O3/c22-21(19-13-11-17(23-19)15-7-3-1-4-8-15)20-14-12-18(24-20)16-9-5-2-6-10-16/h1-14H. The zero-order valence-corrected chi connectivity index (χ0v) is 12.8. The molecule has 0 radical (unpaired) electrons. The SMILES string of the molecule is O=C(c1ccc(-c2ccccc2)o1)c1ccc(-c2ccccc2)o1. The summed E-state index contributed by atoms with van der Waals surface area (Å²) in [6.07, 6.45) is 0. The third kappa shape index (κ3) is 2.68. The fourth-order valence-electron chi connectivity index (χ4n) is 2.56. The van der Waals surface area contributed by atoms with Gasteiger partial charge in [-0.3, -0.25) is 4.79 Å². The molecular formula is C21H14O3. The third-order valence-corrected chi connectivity index (χ3v) is 3.78. The van der Waals surface area contributed by atoms with E-state index in [1.165, 1.54) is 0 Å². The number of hydrogen-bond acceptors (Lipinski definition) is 3. The Morgan fingerprint density at radius 3 is 1.38 bits per heavy atom. The molecule has 4 rings (SSSR count). The number of ketones is 1. The zero-order chi connectivity index (χ0) is 16.4. The van der Waals surface area contributed by atoms with Crippen LogP contribution in [0.1, 0.15) is 16.3 Å². The topological polar surface area (TPSA) is 43.4 Å². The van der Waals surface area contributed by atoms with Crippen molar-refractivity contribution in [3.8, 4) is 22.6 Å². The summed E-state index contributed by atoms with van der Waals surface area (Å²) in [6.45, 7) is 0. The Bertz CT molecular complexity index is 883. The molecule has 0 fully saturated rings. The van der Waals surface area contributed by atoms with Crippen LogP contribution in [0.2, 0.25) is 0 Å². The first-order valence-corrected chi connectivity index (χ1v) is 7.66. The number of carbonyl (C=O) groups is 1. The van der Waals surface area contributed by atoms with Gasteiger partial charge in [0.15, 0.2) is 11.5 Å². The van der Waals surface area contributed by atoms with E-state index in [2.05, 4.69) is 0 Å². The van der Waals surface area contributed by atoms with Crippen LogP contribution in [0.15, 0.2) is 93.8 Å². The average molecular weight is 314 g/mol. The van der Waals surface area contributed by atoms with Crippen LogP contribution >= 0.6 is 0 Å². The van der Waals surface area contributed by atoms with Gasteiger partial charge in [0.25, 0.3) is 5.78 Å². The molecule has 24 heavy (non-hydrogen) atoms. The molecule has 2 aromatic heterocycles. The van der Waals surface area contributed by atoms with E-state index in [9.17, 15) is 4.79 Å². The van der Waals surface area contributed by atoms with E-state index < -0.39 is 0 Å². The van der Waals surface area contributed by atoms with Gasteiger partial charge in [-0.2, -0.15) is 0 Å². The number of benzene rings is 2. The van der Waals surface area contributed by atoms with Crippen LogP contribution in [0, 0.1) is 0 Å². The summed E-state index contributed by atoms with van der Waals surface area (Å²) in [5, 5.41) is 0. The maximum atomic E-state index is 12.5. The zero-order valence-electron chi connectivity index (χ0n) is 12.8. The normalized spacial score (nSPS) is 10.7. The van der Waals surface area contributed by atoms with Gasteiger partial charge in [-0.25, -0.2) is 0 Å². The Morgan fingerprint density at radius 2 is 0.958 bits per heavy atom. The largest absolute Gasteiger partial charge is 0.452 e. The van der Waals surface area contributed by atoms with E-state index in [4.69, 9.17) is 8.83 Å². The van der Waals surface area contributed by atoms with Gasteiger partial charge in [0.05, 0.1) is 0 Å². The highest BCUT2D eigenvalue weighted by Crippen LogP contribution is 2.26. The fourth-order valence-corrected chi connectivity index (χ4v) is 2.56. The summed E-state index contributed by atoms with van der Waals surface area (Å²) < 4.78 is 11.4. The average Bonchev–Trinajstić information content (AvgIpc) is 3.33. The molecule has 116 valence electrons. The van der Waals surface area contributed by atoms with Crippen molar-refractivity contribution in [3.05, 3.63) is 96.4 Å². The van der Waals surface area contributed by atoms with Gasteiger partial charge in [0, 0.05) is 11.1 Å². The van der Waals surface area contributed by atoms with Crippen molar-refractivity contribution in [1.82, 2.24) is 0 Å². The second-order valence-electron chi connectivity index (χ2n) is 5.39. The molecule has 0 unspecified atom stereocenters. The predicted octanol–water partition coefficient (Wildman–Crippen LogP) is 5.44. The lowest BCUT2D eigenvalue weighted by Crippen LogP contribution is -1.96. The molecule has 0 aliphatic rings. The molecule has 3 heteroatoms. The Hall–Kier alpha value is -3.33. The molecule has 2 heterocycles. The van der Waals surface area contributed by atoms with E-state index >= 15 is 0 Å². The van der Waals surface area contributed by atoms with Gasteiger partial charge in [0.1, 0.15) is 11.5 Å². The highest BCUT2D eigenvalue weighted by molar-refractivity contribution is 6.05. The van der Waals surface area contributed by atoms with Crippen molar-refractivity contribution in [3.63, 3.8) is 0 Å². The summed E-state index contributed by atoms with van der Waals surface area (Å²) in [5.74, 6) is 1.59. The van der Waals surface area contributed by atoms with Crippen molar-refractivity contribution in [2.24, 2.45) is 0 Å². The first kappa shape index (κ1) is 14.3. The van der Waals surface area contributed by atoms with E-state index in [0.717, 1.165) is 11.1 Å². The molecule has 0 saturated heterocycles. The molecule has 0 N–H and O–H groups in total. The Kier molecular flexibility index (Phi) is 3.60. The lowest BCUT2D eigenvalue weighted by molar-refractivity contribution is 0.0985. The van der Waals surface area contributed by atoms with E-state index in [0.29, 0.717) is 11.5 Å². The van der Waals surface area contributed by atoms with Gasteiger partial charge in [-0.1, -0.05) is 60.7 Å². The molecule has 3 nitrogen and oxygen atoms in total. The predicted molar refractivity (Wildman–Crippen MR) is 91.7 cm³/mol. The summed E-state index contributed by atoms with van der Waals surface area (Å²) in [5.41, 5.74) is 1.86. The van der Waals surface area contributed by atoms with Gasteiger partial charge in [0.2, 0.25) is 0 Å². The summed E-state index contributed by atoms with van der Waals surface area (Å²) in [7, 11) is 0. The van der Waals surface area contributed by atoms with Gasteiger partial charge in [-0.15, -0.1) is 0 Å². The molecule has 0 aliphatic heterocycles. The van der Waals surface area contributed by atoms with Crippen LogP contribution in [0.4, 0.5) is 0 Å². The van der Waals surface area contributed by atoms with E-state index in [-0.39, 0.29) is 17.3 Å². The lowest BCUT2D eigenvalue weighted by atomic mass is 10.2. The van der Waals surface area contributed by atoms with Crippen LogP contribution in [0.25, 0.3) is 22.6 Å². The number of rotatable bonds is 4. The minimum Gasteiger partial charge on any atom is -0.452 e. The minimum atomic E-state index is -0.264. The summed E-state index contributed by atoms with van der Waals surface area (Å²) >= 11 is 0. The molecule has 0 amide bonds. The molecule has 2 aromatic carbocycles. The smallest absolute Gasteiger partial charge is 0.263 e. The van der Waals surface area contributed by atoms with Crippen molar-refractivity contribution in [2.45, 2.75) is 0 Å². The molecule has 0 bridgehead atoms. The highest BCUT2D eigenvalue weighted by Gasteiger charge is 2.18. The first-order valence-electron chi connectivity index (χ1n) is 7.66. The van der Waals surface area contributed by atoms with Crippen molar-refractivity contribution in [2.75, 3.05) is 0 Å². The first-order chi connectivity index (χ1) is 11.8. The summed E-state index contributed by atoms with van der Waals surface area (Å²) in [4.78, 5) is 12.5. The maximum absolute atomic E-state index is 12.5. The van der Waals surface area contributed by atoms with Crippen LogP contribution in [0.5, 0.6) is 0 Å². The second kappa shape index (κ2) is 6.05. The number of furan rings is 2. The highest BCUT2D eigenvalue weighted by atomic mass is 16.4. The van der Waals surface area contributed by atoms with Crippen LogP contribution in [-0.4, -0.2) is 5.78 Å². The van der Waals surface area contributed by atoms with Gasteiger partial charge >= 0.3 is 0 Å². The van der Waals surface area contributed by atoms with Crippen molar-refractivity contribution < 1.29 is 13.6 Å². The molecule has 0 spiro atoms. The third-order valence-electron chi connectivity index (χ3n) is 3.78. The molecule has 0 atom stereocenters. The van der Waals surface area contributed by atoms with E-state index in [1.807, 2.05) is 60.7 Å². The Morgan fingerprint density at radius 1 is 0.542 bits per heavy atom. The molecular weight excluding hydrogens is 300 g/mol. The quantitative estimate of drug-likeness (QED) is 0.471. The van der Waals surface area contributed by atoms with Crippen LogP contribution in [0.3, 0.4) is 0 Å². The molecule has 0 saturated carbocycles. The number of hydrogen-bond donors (Lipinski definition) is 0.